The maximum atomic E-state index is 12.6. The first kappa shape index (κ1) is 24.5. The van der Waals surface area contributed by atoms with Crippen LogP contribution in [0, 0.1) is 5.41 Å². The Hall–Kier alpha value is -2.51. The zero-order valence-electron chi connectivity index (χ0n) is 17.8. The number of nitrogens with one attached hydrogen (secondary N) is 3. The van der Waals surface area contributed by atoms with Crippen LogP contribution < -0.4 is 10.0 Å². The Morgan fingerprint density at radius 3 is 2.41 bits per heavy atom. The van der Waals surface area contributed by atoms with Gasteiger partial charge in [0, 0.05) is 16.8 Å². The van der Waals surface area contributed by atoms with Crippen molar-refractivity contribution in [1.82, 2.24) is 10.0 Å². The lowest BCUT2D eigenvalue weighted by atomic mass is 10.0. The highest BCUT2D eigenvalue weighted by molar-refractivity contribution is 7.90. The van der Waals surface area contributed by atoms with Crippen LogP contribution in [0.2, 0.25) is 0 Å². The van der Waals surface area contributed by atoms with Crippen molar-refractivity contribution >= 4 is 23.2 Å². The Labute approximate surface area is 177 Å². The van der Waals surface area contributed by atoms with Crippen molar-refractivity contribution in [2.45, 2.75) is 52.2 Å². The first-order valence-corrected chi connectivity index (χ1v) is 10.4. The summed E-state index contributed by atoms with van der Waals surface area (Å²) in [5.41, 5.74) is 3.31. The molecule has 1 aliphatic rings. The van der Waals surface area contributed by atoms with Gasteiger partial charge < -0.3 is 14.6 Å². The van der Waals surface area contributed by atoms with Crippen molar-refractivity contribution in [3.05, 3.63) is 71.8 Å². The molecule has 1 rings (SSSR count). The Balaban J connectivity index is 2.86. The number of carbonyl (C=O) groups is 1. The van der Waals surface area contributed by atoms with Gasteiger partial charge in [0.2, 0.25) is 5.90 Å². The summed E-state index contributed by atoms with van der Waals surface area (Å²) in [5.74, 6) is -0.230. The molecule has 0 aromatic heterocycles. The maximum absolute atomic E-state index is 12.6. The number of ether oxygens (including phenoxy) is 1. The average molecular weight is 418 g/mol. The number of hydrogen-bond acceptors (Lipinski definition) is 5. The molecule has 0 saturated heterocycles. The summed E-state index contributed by atoms with van der Waals surface area (Å²) < 4.78 is 19.8. The van der Waals surface area contributed by atoms with Crippen molar-refractivity contribution in [3.63, 3.8) is 0 Å². The molecule has 0 aromatic rings. The van der Waals surface area contributed by atoms with Gasteiger partial charge in [0.1, 0.15) is 4.75 Å². The van der Waals surface area contributed by atoms with E-state index < -0.39 is 11.4 Å². The first-order chi connectivity index (χ1) is 13.5. The van der Waals surface area contributed by atoms with E-state index in [2.05, 4.69) is 23.2 Å². The summed E-state index contributed by atoms with van der Waals surface area (Å²) in [4.78, 5) is 12.6. The molecule has 0 fully saturated rings. The van der Waals surface area contributed by atoms with E-state index in [-0.39, 0.29) is 16.6 Å². The highest BCUT2D eigenvalue weighted by atomic mass is 32.2. The lowest BCUT2D eigenvalue weighted by Gasteiger charge is -2.26. The van der Waals surface area contributed by atoms with Crippen LogP contribution in [0.1, 0.15) is 47.5 Å². The molecule has 29 heavy (non-hydrogen) atoms. The van der Waals surface area contributed by atoms with Gasteiger partial charge in [0.25, 0.3) is 5.91 Å². The minimum Gasteiger partial charge on any atom is -0.593 e. The van der Waals surface area contributed by atoms with Crippen LogP contribution in [0.25, 0.3) is 0 Å². The van der Waals surface area contributed by atoms with E-state index in [9.17, 15) is 9.35 Å². The molecule has 0 bridgehead atoms. The van der Waals surface area contributed by atoms with E-state index in [1.807, 2.05) is 20.8 Å². The standard InChI is InChI=1S/C22H31N3O3S/c1-8-28-20(23)16(4)9-14-19(15(2)3)24-21(26)17-10-12-18(13-11-17)25-29(27)22(5,6)7/h8-10,12,14,23,25H,1-2,11,13H2,3-7H3,(H,24,26)/b16-9+,19-14+,23-20?. The minimum atomic E-state index is -1.19. The van der Waals surface area contributed by atoms with E-state index in [1.54, 1.807) is 38.2 Å². The fourth-order valence-electron chi connectivity index (χ4n) is 2.14. The van der Waals surface area contributed by atoms with Crippen LogP contribution in [0.3, 0.4) is 0 Å². The van der Waals surface area contributed by atoms with Gasteiger partial charge in [-0.25, -0.2) is 4.72 Å². The largest absolute Gasteiger partial charge is 0.593 e. The number of amides is 1. The fourth-order valence-corrected chi connectivity index (χ4v) is 2.85. The van der Waals surface area contributed by atoms with Crippen molar-refractivity contribution in [3.8, 4) is 0 Å². The normalized spacial score (nSPS) is 16.2. The second-order valence-electron chi connectivity index (χ2n) is 7.65. The SMILES string of the molecule is C=COC(=N)/C(C)=C/C=C(/NC(=O)C1=CC=C(N[S+]([O-])C(C)(C)C)CC1)C(=C)C. The third-order valence-corrected chi connectivity index (χ3v) is 5.55. The summed E-state index contributed by atoms with van der Waals surface area (Å²) in [6.45, 7) is 16.5. The summed E-state index contributed by atoms with van der Waals surface area (Å²) >= 11 is -1.19. The van der Waals surface area contributed by atoms with E-state index >= 15 is 0 Å². The Bertz CT molecular complexity index is 799. The molecule has 3 N–H and O–H groups in total. The van der Waals surface area contributed by atoms with E-state index in [0.717, 1.165) is 5.70 Å². The van der Waals surface area contributed by atoms with Crippen molar-refractivity contribution < 1.29 is 14.1 Å². The third kappa shape index (κ3) is 8.17. The first-order valence-electron chi connectivity index (χ1n) is 9.26. The molecule has 0 saturated carbocycles. The Kier molecular flexibility index (Phi) is 9.20. The molecule has 1 aliphatic carbocycles. The number of carbonyl (C=O) groups excluding carboxylic acids is 1. The monoisotopic (exact) mass is 417 g/mol. The van der Waals surface area contributed by atoms with Gasteiger partial charge in [0.15, 0.2) is 0 Å². The van der Waals surface area contributed by atoms with E-state index in [4.69, 9.17) is 10.1 Å². The molecular formula is C22H31N3O3S. The lowest BCUT2D eigenvalue weighted by molar-refractivity contribution is -0.116. The van der Waals surface area contributed by atoms with Gasteiger partial charge in [-0.3, -0.25) is 10.2 Å². The van der Waals surface area contributed by atoms with Crippen LogP contribution in [-0.4, -0.2) is 21.1 Å². The smallest absolute Gasteiger partial charge is 0.251 e. The lowest BCUT2D eigenvalue weighted by Crippen LogP contribution is -2.39. The molecule has 0 spiro atoms. The highest BCUT2D eigenvalue weighted by Gasteiger charge is 2.28. The van der Waals surface area contributed by atoms with Gasteiger partial charge in [0.05, 0.1) is 23.3 Å². The molecule has 1 unspecified atom stereocenters. The zero-order valence-corrected chi connectivity index (χ0v) is 18.7. The molecule has 1 atom stereocenters. The van der Waals surface area contributed by atoms with Gasteiger partial charge >= 0.3 is 0 Å². The molecule has 0 heterocycles. The predicted octanol–water partition coefficient (Wildman–Crippen LogP) is 4.30. The van der Waals surface area contributed by atoms with Gasteiger partial charge in [-0.1, -0.05) is 25.3 Å². The molecule has 6 nitrogen and oxygen atoms in total. The Morgan fingerprint density at radius 2 is 1.93 bits per heavy atom. The third-order valence-electron chi connectivity index (χ3n) is 3.99. The molecular weight excluding hydrogens is 386 g/mol. The number of hydrogen-bond donors (Lipinski definition) is 3. The van der Waals surface area contributed by atoms with E-state index in [0.29, 0.717) is 35.3 Å². The second kappa shape index (κ2) is 10.9. The molecule has 0 radical (unpaired) electrons. The van der Waals surface area contributed by atoms with Gasteiger partial charge in [-0.15, -0.1) is 0 Å². The summed E-state index contributed by atoms with van der Waals surface area (Å²) in [6.07, 6.45) is 9.25. The molecule has 0 aromatic carbocycles. The van der Waals surface area contributed by atoms with Crippen LogP contribution in [0.5, 0.6) is 0 Å². The van der Waals surface area contributed by atoms with Crippen LogP contribution in [0.15, 0.2) is 71.8 Å². The van der Waals surface area contributed by atoms with Gasteiger partial charge in [-0.05, 0) is 65.2 Å². The highest BCUT2D eigenvalue weighted by Crippen LogP contribution is 2.21. The second-order valence-corrected chi connectivity index (χ2v) is 9.61. The molecule has 158 valence electrons. The van der Waals surface area contributed by atoms with E-state index in [1.165, 1.54) is 6.26 Å². The molecule has 1 amide bonds. The van der Waals surface area contributed by atoms with Crippen molar-refractivity contribution in [2.24, 2.45) is 0 Å². The summed E-state index contributed by atoms with van der Waals surface area (Å²) in [7, 11) is 0. The predicted molar refractivity (Wildman–Crippen MR) is 120 cm³/mol. The molecule has 0 aliphatic heterocycles. The summed E-state index contributed by atoms with van der Waals surface area (Å²) in [5, 5.41) is 10.6. The topological polar surface area (TPSA) is 97.3 Å². The van der Waals surface area contributed by atoms with Crippen LogP contribution in [0.4, 0.5) is 0 Å². The Morgan fingerprint density at radius 1 is 1.28 bits per heavy atom. The van der Waals surface area contributed by atoms with Crippen molar-refractivity contribution in [1.29, 1.82) is 5.41 Å². The number of allylic oxidation sites excluding steroid dienone is 6. The van der Waals surface area contributed by atoms with Crippen molar-refractivity contribution in [2.75, 3.05) is 0 Å². The minimum absolute atomic E-state index is 0.0172. The van der Waals surface area contributed by atoms with Gasteiger partial charge in [-0.2, -0.15) is 0 Å². The number of rotatable bonds is 8. The fraction of sp³-hybridized carbons (Fsp3) is 0.364. The average Bonchev–Trinajstić information content (AvgIpc) is 2.64. The summed E-state index contributed by atoms with van der Waals surface area (Å²) in [6, 6.07) is 0. The maximum Gasteiger partial charge on any atom is 0.251 e. The van der Waals surface area contributed by atoms with Crippen LogP contribution in [-0.2, 0) is 20.9 Å². The quantitative estimate of drug-likeness (QED) is 0.180. The zero-order chi connectivity index (χ0) is 22.2. The van der Waals surface area contributed by atoms with Crippen LogP contribution >= 0.6 is 0 Å². The molecule has 7 heteroatoms.